The molecular weight excluding hydrogens is 1260 g/mol. The van der Waals surface area contributed by atoms with E-state index in [1.54, 1.807) is 0 Å². The lowest BCUT2D eigenvalue weighted by molar-refractivity contribution is 0.793. The fraction of sp³-hybridized carbons (Fsp3) is 0.0323. The van der Waals surface area contributed by atoms with Gasteiger partial charge in [-0.1, -0.05) is 323 Å². The smallest absolute Gasteiger partial charge is 0.238 e. The molecular formula is C93H61ClN8. The molecule has 0 radical (unpaired) electrons. The maximum absolute atomic E-state index is 5.99. The number of rotatable bonds is 5. The molecule has 2 spiro atoms. The summed E-state index contributed by atoms with van der Waals surface area (Å²) in [6, 6.07) is 120. The summed E-state index contributed by atoms with van der Waals surface area (Å²) in [6.45, 7) is 0. The zero-order chi connectivity index (χ0) is 66.8. The van der Waals surface area contributed by atoms with Crippen LogP contribution in [0.25, 0.3) is 112 Å². The van der Waals surface area contributed by atoms with Crippen LogP contribution in [-0.4, -0.2) is 29.9 Å². The largest absolute Gasteiger partial charge is 0.355 e. The molecule has 2 aliphatic heterocycles. The lowest BCUT2D eigenvalue weighted by atomic mass is 9.70. The number of aromatic nitrogens is 6. The van der Waals surface area contributed by atoms with E-state index >= 15 is 0 Å². The van der Waals surface area contributed by atoms with Crippen molar-refractivity contribution in [2.75, 3.05) is 10.2 Å². The summed E-state index contributed by atoms with van der Waals surface area (Å²) in [5.74, 6) is 3.02. The van der Waals surface area contributed by atoms with E-state index in [4.69, 9.17) is 26.6 Å². The maximum Gasteiger partial charge on any atom is 0.238 e. The van der Waals surface area contributed by atoms with Gasteiger partial charge in [0.15, 0.2) is 23.3 Å². The van der Waals surface area contributed by atoms with E-state index in [1.165, 1.54) is 117 Å². The summed E-state index contributed by atoms with van der Waals surface area (Å²) in [7, 11) is 0. The van der Waals surface area contributed by atoms with Gasteiger partial charge in [-0.15, -0.1) is 0 Å². The van der Waals surface area contributed by atoms with E-state index in [0.717, 1.165) is 39.2 Å². The van der Waals surface area contributed by atoms with Crippen LogP contribution in [0.2, 0.25) is 5.28 Å². The second-order valence-corrected chi connectivity index (χ2v) is 26.4. The number of hydrogen-bond donors (Lipinski definition) is 1. The number of nitrogens with zero attached hydrogens (tertiary/aromatic N) is 7. The highest BCUT2D eigenvalue weighted by molar-refractivity contribution is 6.28. The fourth-order valence-corrected chi connectivity index (χ4v) is 17.2. The topological polar surface area (TPSA) is 92.6 Å². The van der Waals surface area contributed by atoms with Crippen LogP contribution < -0.4 is 10.2 Å². The molecule has 9 heteroatoms. The van der Waals surface area contributed by atoms with Crippen LogP contribution in [0.5, 0.6) is 0 Å². The molecule has 0 bridgehead atoms. The molecule has 22 rings (SSSR count). The second-order valence-electron chi connectivity index (χ2n) is 26.1. The molecule has 0 fully saturated rings. The zero-order valence-electron chi connectivity index (χ0n) is 54.3. The van der Waals surface area contributed by atoms with Crippen molar-refractivity contribution in [3.63, 3.8) is 0 Å². The lowest BCUT2D eigenvalue weighted by Crippen LogP contribution is -2.26. The molecule has 1 N–H and O–H groups in total. The van der Waals surface area contributed by atoms with E-state index in [2.05, 4.69) is 268 Å². The van der Waals surface area contributed by atoms with E-state index in [-0.39, 0.29) is 18.1 Å². The third kappa shape index (κ3) is 8.89. The first kappa shape index (κ1) is 60.2. The van der Waals surface area contributed by atoms with Crippen LogP contribution in [0.15, 0.2) is 340 Å². The molecule has 6 aliphatic rings. The Bertz CT molecular complexity index is 5830. The van der Waals surface area contributed by atoms with Gasteiger partial charge in [-0.25, -0.2) is 9.97 Å². The van der Waals surface area contributed by atoms with Crippen molar-refractivity contribution in [3.8, 4) is 112 Å². The van der Waals surface area contributed by atoms with E-state index in [0.29, 0.717) is 29.2 Å². The Balaban J connectivity index is 0.000000118. The summed E-state index contributed by atoms with van der Waals surface area (Å²) in [6.07, 6.45) is 0. The van der Waals surface area contributed by atoms with Gasteiger partial charge in [0.05, 0.1) is 22.2 Å². The molecule has 2 aromatic heterocycles. The normalized spacial score (nSPS) is 13.3. The molecule has 0 amide bonds. The number of anilines is 5. The predicted molar refractivity (Wildman–Crippen MR) is 415 cm³/mol. The van der Waals surface area contributed by atoms with Crippen LogP contribution in [0.4, 0.5) is 28.7 Å². The Hall–Kier alpha value is -13.0. The summed E-state index contributed by atoms with van der Waals surface area (Å²) in [4.78, 5) is 30.6. The first-order valence-electron chi connectivity index (χ1n) is 34.1. The Labute approximate surface area is 596 Å². The molecule has 14 aromatic carbocycles. The van der Waals surface area contributed by atoms with Crippen molar-refractivity contribution in [2.45, 2.75) is 18.3 Å². The van der Waals surface area contributed by atoms with Crippen molar-refractivity contribution in [3.05, 3.63) is 390 Å². The Morgan fingerprint density at radius 3 is 1.01 bits per heavy atom. The minimum Gasteiger partial charge on any atom is -0.355 e. The molecule has 8 nitrogen and oxygen atoms in total. The van der Waals surface area contributed by atoms with Crippen LogP contribution in [0.3, 0.4) is 0 Å². The minimum absolute atomic E-state index is 0. The molecule has 4 heterocycles. The first-order chi connectivity index (χ1) is 50.0. The van der Waals surface area contributed by atoms with Crippen molar-refractivity contribution in [1.82, 2.24) is 29.9 Å². The summed E-state index contributed by atoms with van der Waals surface area (Å²) in [5.41, 5.74) is 33.7. The monoisotopic (exact) mass is 1320 g/mol. The van der Waals surface area contributed by atoms with Crippen LogP contribution in [0.1, 0.15) is 51.9 Å². The van der Waals surface area contributed by atoms with Crippen LogP contribution in [0, 0.1) is 0 Å². The zero-order valence-corrected chi connectivity index (χ0v) is 55.1. The maximum atomic E-state index is 5.99. The highest BCUT2D eigenvalue weighted by Crippen LogP contribution is 2.69. The summed E-state index contributed by atoms with van der Waals surface area (Å²) >= 11 is 5.99. The average Bonchev–Trinajstić information content (AvgIpc) is 1.51. The average molecular weight is 1330 g/mol. The Kier molecular flexibility index (Phi) is 14.1. The van der Waals surface area contributed by atoms with Gasteiger partial charge in [0.1, 0.15) is 0 Å². The summed E-state index contributed by atoms with van der Waals surface area (Å²) < 4.78 is 0. The molecule has 0 saturated heterocycles. The van der Waals surface area contributed by atoms with Crippen LogP contribution >= 0.6 is 11.6 Å². The van der Waals surface area contributed by atoms with Gasteiger partial charge >= 0.3 is 0 Å². The number of benzene rings is 14. The van der Waals surface area contributed by atoms with E-state index < -0.39 is 5.41 Å². The van der Waals surface area contributed by atoms with Crippen molar-refractivity contribution >= 4 is 40.3 Å². The first-order valence-corrected chi connectivity index (χ1v) is 34.5. The summed E-state index contributed by atoms with van der Waals surface area (Å²) in [5, 5.41) is 3.98. The van der Waals surface area contributed by atoms with Gasteiger partial charge in [0.25, 0.3) is 0 Å². The van der Waals surface area contributed by atoms with Gasteiger partial charge < -0.3 is 5.32 Å². The van der Waals surface area contributed by atoms with Crippen molar-refractivity contribution < 1.29 is 0 Å². The van der Waals surface area contributed by atoms with Crippen LogP contribution in [-0.2, 0) is 10.8 Å². The highest BCUT2D eigenvalue weighted by atomic mass is 35.5. The lowest BCUT2D eigenvalue weighted by Gasteiger charge is -2.32. The van der Waals surface area contributed by atoms with Gasteiger partial charge in [-0.05, 0) is 125 Å². The number of fused-ring (bicyclic) bond motifs is 18. The SMILES string of the molecule is C.Clc1nc(-c2ccccc2)nc(-c2ccccc2)n1.c1ccc(-c2nc(-c3ccccc3)nc(N3c4ccccc4-c4cccc5c4-c4c3cccc4C53c4ccccc4-c4ccccc43)n2)cc1.c1ccc2c(c1)Nc1cccc3c1-c1c-2cccc1C31c2ccccc2-c2ccccc21. The van der Waals surface area contributed by atoms with Gasteiger partial charge in [-0.2, -0.15) is 19.9 Å². The predicted octanol–water partition coefficient (Wildman–Crippen LogP) is 23.2. The van der Waals surface area contributed by atoms with E-state index in [9.17, 15) is 0 Å². The third-order valence-electron chi connectivity index (χ3n) is 21.0. The minimum atomic E-state index is -0.453. The molecule has 4 aliphatic carbocycles. The van der Waals surface area contributed by atoms with Gasteiger partial charge in [0, 0.05) is 55.9 Å². The van der Waals surface area contributed by atoms with E-state index in [1.807, 2.05) is 97.1 Å². The molecule has 0 atom stereocenters. The molecule has 480 valence electrons. The van der Waals surface area contributed by atoms with Crippen molar-refractivity contribution in [1.29, 1.82) is 0 Å². The number of halogens is 1. The second kappa shape index (κ2) is 23.9. The Morgan fingerprint density at radius 1 is 0.235 bits per heavy atom. The molecule has 0 unspecified atom stereocenters. The van der Waals surface area contributed by atoms with Crippen molar-refractivity contribution in [2.24, 2.45) is 0 Å². The standard InChI is InChI=1S/C46H28N4.C31H19N.C15H10ClN3.CH4/c1-3-15-29(16-4-1)43-47-44(30-17-5-2-6-18-30)49-45(48-43)50-39-27-12-9-21-33(39)34-22-13-25-37-41(34)42-38(26-14-28-40(42)50)46(37)35-23-10-7-19-31(35)32-20-8-11-24-36(32)46;1-4-13-23-19(9-1)20-10-2-5-14-24(20)31(23)25-15-7-12-22-21-11-3-6-17-27(21)32-28-18-8-16-26(31)30(28)29(22)25;16-15-18-13(11-7-3-1-4-8-11)17-14(19-15)12-9-5-2-6-10-12;/h1-28H;1-18,32H;1-10H;1H4. The quantitative estimate of drug-likeness (QED) is 0.182. The molecule has 16 aromatic rings. The van der Waals surface area contributed by atoms with Gasteiger partial charge in [-0.3, -0.25) is 4.90 Å². The molecule has 0 saturated carbocycles. The highest BCUT2D eigenvalue weighted by Gasteiger charge is 2.55. The number of para-hydroxylation sites is 2. The molecule has 102 heavy (non-hydrogen) atoms. The fourth-order valence-electron chi connectivity index (χ4n) is 17.1. The number of hydrogen-bond acceptors (Lipinski definition) is 8. The Morgan fingerprint density at radius 2 is 0.539 bits per heavy atom. The van der Waals surface area contributed by atoms with Gasteiger partial charge in [0.2, 0.25) is 11.2 Å². The number of nitrogens with one attached hydrogen (secondary N) is 1. The third-order valence-corrected chi connectivity index (χ3v) is 21.1.